The summed E-state index contributed by atoms with van der Waals surface area (Å²) in [5.74, 6) is 4.45. The molecule has 37 heavy (non-hydrogen) atoms. The van der Waals surface area contributed by atoms with Gasteiger partial charge in [0.2, 0.25) is 0 Å². The average Bonchev–Trinajstić information content (AvgIpc) is 3.24. The highest BCUT2D eigenvalue weighted by atomic mass is 16.5. The van der Waals surface area contributed by atoms with Crippen molar-refractivity contribution in [2.75, 3.05) is 13.2 Å². The van der Waals surface area contributed by atoms with Gasteiger partial charge in [0.05, 0.1) is 6.10 Å². The predicted octanol–water partition coefficient (Wildman–Crippen LogP) is 5.43. The third-order valence-corrected chi connectivity index (χ3v) is 11.2. The van der Waals surface area contributed by atoms with Crippen molar-refractivity contribution < 1.29 is 24.2 Å². The highest BCUT2D eigenvalue weighted by Crippen LogP contribution is 2.68. The van der Waals surface area contributed by atoms with E-state index in [1.54, 1.807) is 0 Å². The van der Waals surface area contributed by atoms with Gasteiger partial charge in [0.15, 0.2) is 6.61 Å². The van der Waals surface area contributed by atoms with Crippen LogP contribution in [0.3, 0.4) is 0 Å². The Kier molecular flexibility index (Phi) is 8.45. The normalized spacial score (nSPS) is 41.1. The molecule has 0 aromatic heterocycles. The molecule has 4 fully saturated rings. The minimum Gasteiger partial charge on any atom is -0.462 e. The van der Waals surface area contributed by atoms with Gasteiger partial charge in [-0.3, -0.25) is 9.59 Å². The third kappa shape index (κ3) is 5.22. The van der Waals surface area contributed by atoms with Gasteiger partial charge in [-0.1, -0.05) is 31.8 Å². The van der Waals surface area contributed by atoms with E-state index in [9.17, 15) is 14.7 Å². The van der Waals surface area contributed by atoms with E-state index < -0.39 is 5.97 Å². The molecule has 0 aliphatic heterocycles. The number of ether oxygens (including phenoxy) is 2. The Balaban J connectivity index is 1.42. The molecule has 4 rings (SSSR count). The topological polar surface area (TPSA) is 122 Å². The van der Waals surface area contributed by atoms with Gasteiger partial charge in [0, 0.05) is 11.3 Å². The summed E-state index contributed by atoms with van der Waals surface area (Å²) < 4.78 is 10.7. The fourth-order valence-corrected chi connectivity index (χ4v) is 9.30. The first-order valence-electron chi connectivity index (χ1n) is 14.1. The number of carbonyl (C=O) groups excluding carboxylic acids is 2. The zero-order chi connectivity index (χ0) is 26.8. The largest absolute Gasteiger partial charge is 0.462 e. The Morgan fingerprint density at radius 1 is 1.16 bits per heavy atom. The SMILES string of the molecule is C#CCOC(=O)CC[C@@H](C)[C@H]1CC[C@H]2[C@@H]3CC[C@@H]4C[C@H](OC(=O)CN=[N+]=[N-])CC[C@]4(C)[C@H]3C[C@H](O)[C@]12C. The maximum atomic E-state index is 12.0. The van der Waals surface area contributed by atoms with Crippen molar-refractivity contribution in [3.63, 3.8) is 0 Å². The van der Waals surface area contributed by atoms with E-state index in [0.717, 1.165) is 57.8 Å². The maximum Gasteiger partial charge on any atom is 0.311 e. The number of nitrogens with zero attached hydrogens (tertiary/aromatic N) is 3. The monoisotopic (exact) mass is 513 g/mol. The quantitative estimate of drug-likeness (QED) is 0.152. The summed E-state index contributed by atoms with van der Waals surface area (Å²) in [4.78, 5) is 26.7. The minimum absolute atomic E-state index is 0.0247. The average molecular weight is 514 g/mol. The number of carbonyl (C=O) groups is 2. The summed E-state index contributed by atoms with van der Waals surface area (Å²) in [6.07, 6.45) is 13.9. The van der Waals surface area contributed by atoms with Crippen molar-refractivity contribution in [1.82, 2.24) is 0 Å². The summed E-state index contributed by atoms with van der Waals surface area (Å²) >= 11 is 0. The first-order chi connectivity index (χ1) is 17.6. The molecule has 0 amide bonds. The van der Waals surface area contributed by atoms with Gasteiger partial charge in [0.25, 0.3) is 0 Å². The van der Waals surface area contributed by atoms with Crippen molar-refractivity contribution in [1.29, 1.82) is 0 Å². The first-order valence-corrected chi connectivity index (χ1v) is 14.1. The van der Waals surface area contributed by atoms with E-state index in [1.807, 2.05) is 0 Å². The number of hydrogen-bond donors (Lipinski definition) is 1. The molecule has 10 atom stereocenters. The highest BCUT2D eigenvalue weighted by molar-refractivity contribution is 5.72. The van der Waals surface area contributed by atoms with Gasteiger partial charge in [-0.2, -0.15) is 0 Å². The molecular formula is C29H43N3O5. The van der Waals surface area contributed by atoms with Crippen LogP contribution < -0.4 is 0 Å². The van der Waals surface area contributed by atoms with Crippen LogP contribution >= 0.6 is 0 Å². The van der Waals surface area contributed by atoms with E-state index in [0.29, 0.717) is 41.9 Å². The van der Waals surface area contributed by atoms with Gasteiger partial charge in [-0.05, 0) is 110 Å². The van der Waals surface area contributed by atoms with Crippen LogP contribution in [-0.2, 0) is 19.1 Å². The van der Waals surface area contributed by atoms with Crippen LogP contribution in [-0.4, -0.2) is 42.4 Å². The molecular weight excluding hydrogens is 470 g/mol. The van der Waals surface area contributed by atoms with Crippen molar-refractivity contribution in [2.45, 2.75) is 97.2 Å². The Morgan fingerprint density at radius 3 is 2.68 bits per heavy atom. The first kappa shape index (κ1) is 27.8. The second-order valence-corrected chi connectivity index (χ2v) is 12.6. The number of hydrogen-bond acceptors (Lipinski definition) is 6. The van der Waals surface area contributed by atoms with Gasteiger partial charge < -0.3 is 14.6 Å². The molecule has 1 N–H and O–H groups in total. The molecule has 0 unspecified atom stereocenters. The van der Waals surface area contributed by atoms with Crippen molar-refractivity contribution in [3.05, 3.63) is 10.4 Å². The molecule has 0 aromatic carbocycles. The number of aliphatic hydroxyl groups excluding tert-OH is 1. The molecule has 0 spiro atoms. The lowest BCUT2D eigenvalue weighted by Crippen LogP contribution is -2.59. The van der Waals surface area contributed by atoms with E-state index in [2.05, 4.69) is 36.7 Å². The summed E-state index contributed by atoms with van der Waals surface area (Å²) in [6, 6.07) is 0. The molecule has 0 radical (unpaired) electrons. The molecule has 204 valence electrons. The second kappa shape index (κ2) is 11.3. The lowest BCUT2D eigenvalue weighted by atomic mass is 9.43. The number of terminal acetylenes is 1. The molecule has 0 aromatic rings. The van der Waals surface area contributed by atoms with Crippen LogP contribution in [0, 0.1) is 58.7 Å². The number of aliphatic hydroxyl groups is 1. The molecule has 4 saturated carbocycles. The lowest BCUT2D eigenvalue weighted by molar-refractivity contribution is -0.181. The fraction of sp³-hybridized carbons (Fsp3) is 0.862. The van der Waals surface area contributed by atoms with Gasteiger partial charge in [0.1, 0.15) is 12.6 Å². The maximum absolute atomic E-state index is 12.0. The summed E-state index contributed by atoms with van der Waals surface area (Å²) in [7, 11) is 0. The van der Waals surface area contributed by atoms with Gasteiger partial charge >= 0.3 is 11.9 Å². The van der Waals surface area contributed by atoms with Crippen LogP contribution in [0.1, 0.15) is 85.0 Å². The minimum atomic E-state index is -0.445. The van der Waals surface area contributed by atoms with E-state index >= 15 is 0 Å². The highest BCUT2D eigenvalue weighted by Gasteiger charge is 2.63. The summed E-state index contributed by atoms with van der Waals surface area (Å²) in [5.41, 5.74) is 8.47. The van der Waals surface area contributed by atoms with E-state index in [1.165, 1.54) is 0 Å². The molecule has 8 heteroatoms. The Bertz CT molecular complexity index is 958. The zero-order valence-electron chi connectivity index (χ0n) is 22.6. The fourth-order valence-electron chi connectivity index (χ4n) is 9.30. The molecule has 8 nitrogen and oxygen atoms in total. The van der Waals surface area contributed by atoms with Crippen molar-refractivity contribution >= 4 is 11.9 Å². The Morgan fingerprint density at radius 2 is 1.95 bits per heavy atom. The standard InChI is InChI=1S/C29H43N3O5/c1-5-14-36-26(34)11-6-18(2)22-9-10-23-21-8-7-19-15-20(37-27(35)17-31-32-30)12-13-28(19,3)24(21)16-25(33)29(22,23)4/h1,18-25,33H,6-17H2,2-4H3/t18-,19-,20-,21+,22-,23+,24+,25+,28+,29-/m1/s1. The predicted molar refractivity (Wildman–Crippen MR) is 139 cm³/mol. The number of fused-ring (bicyclic) bond motifs is 5. The van der Waals surface area contributed by atoms with Gasteiger partial charge in [-0.15, -0.1) is 6.42 Å². The Labute approximate surface area is 220 Å². The van der Waals surface area contributed by atoms with Crippen LogP contribution in [0.2, 0.25) is 0 Å². The zero-order valence-corrected chi connectivity index (χ0v) is 22.6. The second-order valence-electron chi connectivity index (χ2n) is 12.6. The van der Waals surface area contributed by atoms with E-state index in [-0.39, 0.29) is 42.2 Å². The molecule has 0 heterocycles. The summed E-state index contributed by atoms with van der Waals surface area (Å²) in [5, 5.41) is 15.1. The van der Waals surface area contributed by atoms with Crippen molar-refractivity contribution in [3.8, 4) is 12.3 Å². The summed E-state index contributed by atoms with van der Waals surface area (Å²) in [6.45, 7) is 6.74. The third-order valence-electron chi connectivity index (χ3n) is 11.2. The smallest absolute Gasteiger partial charge is 0.311 e. The molecule has 0 saturated heterocycles. The molecule has 4 aliphatic rings. The number of esters is 2. The molecule has 0 bridgehead atoms. The number of azide groups is 1. The van der Waals surface area contributed by atoms with Gasteiger partial charge in [-0.25, -0.2) is 0 Å². The molecule has 4 aliphatic carbocycles. The lowest BCUT2D eigenvalue weighted by Gasteiger charge is -2.62. The van der Waals surface area contributed by atoms with Crippen LogP contribution in [0.4, 0.5) is 0 Å². The van der Waals surface area contributed by atoms with Crippen LogP contribution in [0.15, 0.2) is 5.11 Å². The van der Waals surface area contributed by atoms with Crippen molar-refractivity contribution in [2.24, 2.45) is 51.5 Å². The van der Waals surface area contributed by atoms with Crippen LogP contribution in [0.5, 0.6) is 0 Å². The Hall–Kier alpha value is -2.23. The van der Waals surface area contributed by atoms with Crippen LogP contribution in [0.25, 0.3) is 10.4 Å². The number of rotatable bonds is 8. The van der Waals surface area contributed by atoms with E-state index in [4.69, 9.17) is 21.4 Å².